The van der Waals surface area contributed by atoms with Gasteiger partial charge >= 0.3 is 0 Å². The van der Waals surface area contributed by atoms with Crippen molar-refractivity contribution in [3.8, 4) is 0 Å². The van der Waals surface area contributed by atoms with E-state index in [2.05, 4.69) is 0 Å². The van der Waals surface area contributed by atoms with Crippen molar-refractivity contribution >= 4 is 23.2 Å². The Labute approximate surface area is 127 Å². The number of rotatable bonds is 7. The predicted octanol–water partition coefficient (Wildman–Crippen LogP) is 3.60. The number of carbonyl (C=O) groups excluding carboxylic acids is 1. The first-order valence-corrected chi connectivity index (χ1v) is 7.30. The van der Waals surface area contributed by atoms with Crippen LogP contribution in [-0.4, -0.2) is 34.2 Å². The van der Waals surface area contributed by atoms with Crippen LogP contribution in [0.3, 0.4) is 0 Å². The molecule has 0 saturated heterocycles. The van der Waals surface area contributed by atoms with Gasteiger partial charge in [-0.1, -0.05) is 13.8 Å². The number of nitrogens with zero attached hydrogens (tertiary/aromatic N) is 2. The van der Waals surface area contributed by atoms with Crippen molar-refractivity contribution in [1.29, 1.82) is 0 Å². The van der Waals surface area contributed by atoms with Crippen LogP contribution in [0.2, 0.25) is 0 Å². The fourth-order valence-electron chi connectivity index (χ4n) is 2.26. The van der Waals surface area contributed by atoms with Crippen LogP contribution in [0.4, 0.5) is 10.1 Å². The Morgan fingerprint density at radius 3 is 2.52 bits per heavy atom. The first-order valence-electron chi connectivity index (χ1n) is 6.77. The Bertz CT molecular complexity index is 521. The number of hydrogen-bond donors (Lipinski definition) is 0. The number of nitro groups is 1. The van der Waals surface area contributed by atoms with Gasteiger partial charge in [0.2, 0.25) is 0 Å². The number of benzene rings is 1. The second-order valence-corrected chi connectivity index (χ2v) is 4.95. The summed E-state index contributed by atoms with van der Waals surface area (Å²) < 4.78 is 13.2. The van der Waals surface area contributed by atoms with E-state index in [1.165, 1.54) is 4.90 Å². The number of halogens is 2. The maximum atomic E-state index is 13.2. The largest absolute Gasteiger partial charge is 0.334 e. The summed E-state index contributed by atoms with van der Waals surface area (Å²) >= 11 is 5.73. The van der Waals surface area contributed by atoms with Crippen LogP contribution in [0, 0.1) is 15.9 Å². The molecule has 0 aromatic heterocycles. The quantitative estimate of drug-likeness (QED) is 0.438. The minimum absolute atomic E-state index is 0.0547. The molecular formula is C14H18ClFN2O3. The maximum Gasteiger partial charge on any atom is 0.285 e. The Morgan fingerprint density at radius 1 is 1.43 bits per heavy atom. The smallest absolute Gasteiger partial charge is 0.285 e. The standard InChI is InChI=1S/C14H18ClFN2O3/c1-3-11(4-2)17(8-7-15)14(19)12-6-5-10(16)9-13(12)18(20)21/h5-6,9,11H,3-4,7-8H2,1-2H3. The van der Waals surface area contributed by atoms with Gasteiger partial charge in [0.05, 0.1) is 11.0 Å². The summed E-state index contributed by atoms with van der Waals surface area (Å²) in [6.45, 7) is 4.16. The molecule has 0 unspecified atom stereocenters. The van der Waals surface area contributed by atoms with Crippen LogP contribution in [0.25, 0.3) is 0 Å². The molecule has 0 bridgehead atoms. The second kappa shape index (κ2) is 7.93. The number of hydrogen-bond acceptors (Lipinski definition) is 3. The summed E-state index contributed by atoms with van der Waals surface area (Å²) in [5.74, 6) is -1.00. The van der Waals surface area contributed by atoms with Gasteiger partial charge in [0, 0.05) is 18.5 Å². The van der Waals surface area contributed by atoms with Crippen LogP contribution >= 0.6 is 11.6 Å². The van der Waals surface area contributed by atoms with Gasteiger partial charge in [-0.05, 0) is 25.0 Å². The topological polar surface area (TPSA) is 63.5 Å². The molecule has 0 spiro atoms. The molecule has 0 N–H and O–H groups in total. The zero-order valence-electron chi connectivity index (χ0n) is 12.0. The van der Waals surface area contributed by atoms with Crippen molar-refractivity contribution in [2.45, 2.75) is 32.7 Å². The van der Waals surface area contributed by atoms with Gasteiger partial charge in [-0.2, -0.15) is 0 Å². The molecule has 0 heterocycles. The SMILES string of the molecule is CCC(CC)N(CCCl)C(=O)c1ccc(F)cc1[N+](=O)[O-]. The molecule has 0 saturated carbocycles. The molecule has 116 valence electrons. The number of amides is 1. The molecular weight excluding hydrogens is 299 g/mol. The van der Waals surface area contributed by atoms with Gasteiger partial charge in [0.25, 0.3) is 11.6 Å². The Hall–Kier alpha value is -1.69. The lowest BCUT2D eigenvalue weighted by Gasteiger charge is -2.30. The molecule has 1 amide bonds. The average Bonchev–Trinajstić information content (AvgIpc) is 2.46. The monoisotopic (exact) mass is 316 g/mol. The van der Waals surface area contributed by atoms with Gasteiger partial charge in [-0.3, -0.25) is 14.9 Å². The molecule has 0 aliphatic carbocycles. The number of alkyl halides is 1. The normalized spacial score (nSPS) is 10.7. The zero-order chi connectivity index (χ0) is 16.0. The first kappa shape index (κ1) is 17.4. The van der Waals surface area contributed by atoms with Crippen molar-refractivity contribution < 1.29 is 14.1 Å². The molecule has 1 rings (SSSR count). The Kier molecular flexibility index (Phi) is 6.55. The Balaban J connectivity index is 3.23. The minimum Gasteiger partial charge on any atom is -0.334 e. The van der Waals surface area contributed by atoms with Crippen molar-refractivity contribution in [1.82, 2.24) is 4.90 Å². The van der Waals surface area contributed by atoms with E-state index in [1.807, 2.05) is 13.8 Å². The van der Waals surface area contributed by atoms with E-state index < -0.39 is 22.3 Å². The lowest BCUT2D eigenvalue weighted by molar-refractivity contribution is -0.385. The third-order valence-corrected chi connectivity index (χ3v) is 3.53. The van der Waals surface area contributed by atoms with Gasteiger partial charge in [0.15, 0.2) is 0 Å². The van der Waals surface area contributed by atoms with Gasteiger partial charge in [-0.25, -0.2) is 4.39 Å². The van der Waals surface area contributed by atoms with Gasteiger partial charge in [-0.15, -0.1) is 11.6 Å². The molecule has 0 atom stereocenters. The molecule has 0 aliphatic rings. The lowest BCUT2D eigenvalue weighted by Crippen LogP contribution is -2.41. The summed E-state index contributed by atoms with van der Waals surface area (Å²) in [4.78, 5) is 24.4. The minimum atomic E-state index is -0.748. The summed E-state index contributed by atoms with van der Waals surface area (Å²) in [7, 11) is 0. The van der Waals surface area contributed by atoms with Crippen LogP contribution in [-0.2, 0) is 0 Å². The molecule has 0 fully saturated rings. The zero-order valence-corrected chi connectivity index (χ0v) is 12.8. The average molecular weight is 317 g/mol. The van der Waals surface area contributed by atoms with E-state index in [1.54, 1.807) is 0 Å². The highest BCUT2D eigenvalue weighted by Crippen LogP contribution is 2.23. The molecule has 21 heavy (non-hydrogen) atoms. The molecule has 7 heteroatoms. The Morgan fingerprint density at radius 2 is 2.05 bits per heavy atom. The summed E-state index contributed by atoms with van der Waals surface area (Å²) in [6.07, 6.45) is 1.43. The van der Waals surface area contributed by atoms with E-state index in [4.69, 9.17) is 11.6 Å². The predicted molar refractivity (Wildman–Crippen MR) is 79.2 cm³/mol. The van der Waals surface area contributed by atoms with Crippen LogP contribution in [0.5, 0.6) is 0 Å². The summed E-state index contributed by atoms with van der Waals surface area (Å²) in [5, 5.41) is 11.0. The van der Waals surface area contributed by atoms with Crippen molar-refractivity contribution in [3.63, 3.8) is 0 Å². The lowest BCUT2D eigenvalue weighted by atomic mass is 10.1. The van der Waals surface area contributed by atoms with E-state index in [0.717, 1.165) is 18.2 Å². The highest BCUT2D eigenvalue weighted by atomic mass is 35.5. The summed E-state index contributed by atoms with van der Waals surface area (Å²) in [5.41, 5.74) is -0.635. The van der Waals surface area contributed by atoms with E-state index in [0.29, 0.717) is 19.4 Å². The fourth-order valence-corrected chi connectivity index (χ4v) is 2.44. The number of carbonyl (C=O) groups is 1. The van der Waals surface area contributed by atoms with E-state index in [9.17, 15) is 19.3 Å². The number of nitro benzene ring substituents is 1. The summed E-state index contributed by atoms with van der Waals surface area (Å²) in [6, 6.07) is 2.91. The van der Waals surface area contributed by atoms with Gasteiger partial charge in [0.1, 0.15) is 11.4 Å². The second-order valence-electron chi connectivity index (χ2n) is 4.58. The van der Waals surface area contributed by atoms with Crippen molar-refractivity contribution in [2.75, 3.05) is 12.4 Å². The van der Waals surface area contributed by atoms with E-state index in [-0.39, 0.29) is 17.5 Å². The molecule has 5 nitrogen and oxygen atoms in total. The fraction of sp³-hybridized carbons (Fsp3) is 0.500. The highest BCUT2D eigenvalue weighted by molar-refractivity contribution is 6.18. The van der Waals surface area contributed by atoms with Crippen LogP contribution in [0.15, 0.2) is 18.2 Å². The molecule has 1 aromatic rings. The van der Waals surface area contributed by atoms with Crippen LogP contribution in [0.1, 0.15) is 37.0 Å². The highest BCUT2D eigenvalue weighted by Gasteiger charge is 2.28. The first-order chi connectivity index (χ1) is 9.96. The van der Waals surface area contributed by atoms with Crippen molar-refractivity contribution in [3.05, 3.63) is 39.7 Å². The molecule has 0 radical (unpaired) electrons. The third kappa shape index (κ3) is 4.14. The molecule has 1 aromatic carbocycles. The van der Waals surface area contributed by atoms with Crippen LogP contribution < -0.4 is 0 Å². The van der Waals surface area contributed by atoms with E-state index >= 15 is 0 Å². The van der Waals surface area contributed by atoms with Crippen molar-refractivity contribution in [2.24, 2.45) is 0 Å². The van der Waals surface area contributed by atoms with Gasteiger partial charge < -0.3 is 4.90 Å². The molecule has 0 aliphatic heterocycles. The third-order valence-electron chi connectivity index (χ3n) is 3.36. The maximum absolute atomic E-state index is 13.2.